The van der Waals surface area contributed by atoms with Crippen molar-refractivity contribution in [1.82, 2.24) is 14.9 Å². The van der Waals surface area contributed by atoms with Crippen molar-refractivity contribution in [3.8, 4) is 0 Å². The number of carbonyl (C=O) groups excluding carboxylic acids is 1. The molecule has 1 aromatic carbocycles. The van der Waals surface area contributed by atoms with Gasteiger partial charge in [0.25, 0.3) is 0 Å². The Morgan fingerprint density at radius 2 is 2.19 bits per heavy atom. The van der Waals surface area contributed by atoms with Gasteiger partial charge in [-0.25, -0.2) is 4.98 Å². The molecule has 1 aromatic heterocycles. The van der Waals surface area contributed by atoms with Crippen LogP contribution in [-0.4, -0.2) is 42.6 Å². The molecule has 3 rings (SSSR count). The van der Waals surface area contributed by atoms with Gasteiger partial charge in [0, 0.05) is 0 Å². The highest BCUT2D eigenvalue weighted by atomic mass is 32.2. The molecule has 2 aromatic rings. The lowest BCUT2D eigenvalue weighted by molar-refractivity contribution is -0.128. The van der Waals surface area contributed by atoms with Gasteiger partial charge in [-0.1, -0.05) is 31.9 Å². The van der Waals surface area contributed by atoms with E-state index in [1.54, 1.807) is 11.8 Å². The number of aromatic amines is 1. The number of fused-ring (bicyclic) bond motifs is 1. The molecule has 2 atom stereocenters. The predicted octanol–water partition coefficient (Wildman–Crippen LogP) is 3.93. The van der Waals surface area contributed by atoms with Crippen LogP contribution in [0, 0.1) is 5.92 Å². The molecule has 142 valence electrons. The van der Waals surface area contributed by atoms with Gasteiger partial charge in [-0.3, -0.25) is 4.79 Å². The third kappa shape index (κ3) is 5.01. The maximum Gasteiger partial charge on any atom is 0.233 e. The maximum atomic E-state index is 12.4. The lowest BCUT2D eigenvalue weighted by Crippen LogP contribution is -2.33. The van der Waals surface area contributed by atoms with Crippen molar-refractivity contribution in [3.63, 3.8) is 0 Å². The first-order valence-corrected chi connectivity index (χ1v) is 10.4. The van der Waals surface area contributed by atoms with E-state index in [0.717, 1.165) is 42.5 Å². The van der Waals surface area contributed by atoms with Gasteiger partial charge in [-0.05, 0) is 44.7 Å². The molecule has 1 fully saturated rings. The number of rotatable bonds is 8. The number of hydrogen-bond donors (Lipinski definition) is 2. The summed E-state index contributed by atoms with van der Waals surface area (Å²) in [5.41, 5.74) is 1.36. The number of hydrogen-bond acceptors (Lipinski definition) is 4. The minimum absolute atomic E-state index is 0.198. The van der Waals surface area contributed by atoms with E-state index < -0.39 is 5.60 Å². The number of nitrogens with one attached hydrogen (secondary N) is 1. The molecule has 6 heteroatoms. The number of nitrogens with zero attached hydrogens (tertiary/aromatic N) is 2. The molecule has 1 aliphatic heterocycles. The van der Waals surface area contributed by atoms with Crippen LogP contribution in [0.4, 0.5) is 0 Å². The van der Waals surface area contributed by atoms with E-state index in [1.165, 1.54) is 0 Å². The van der Waals surface area contributed by atoms with Crippen LogP contribution in [0.25, 0.3) is 11.0 Å². The Labute approximate surface area is 159 Å². The van der Waals surface area contributed by atoms with Gasteiger partial charge in [0.1, 0.15) is 5.82 Å². The zero-order chi connectivity index (χ0) is 18.7. The van der Waals surface area contributed by atoms with Gasteiger partial charge < -0.3 is 15.0 Å². The van der Waals surface area contributed by atoms with Gasteiger partial charge in [0.15, 0.2) is 0 Å². The lowest BCUT2D eigenvalue weighted by atomic mass is 9.95. The second kappa shape index (κ2) is 8.01. The van der Waals surface area contributed by atoms with Crippen molar-refractivity contribution >= 4 is 28.7 Å². The van der Waals surface area contributed by atoms with Gasteiger partial charge in [-0.2, -0.15) is 0 Å². The number of amides is 1. The Morgan fingerprint density at radius 1 is 1.42 bits per heavy atom. The van der Waals surface area contributed by atoms with Crippen LogP contribution < -0.4 is 0 Å². The average Bonchev–Trinajstić information content (AvgIpc) is 3.11. The molecule has 26 heavy (non-hydrogen) atoms. The molecular weight excluding hydrogens is 346 g/mol. The van der Waals surface area contributed by atoms with Crippen LogP contribution >= 0.6 is 11.8 Å². The number of para-hydroxylation sites is 2. The monoisotopic (exact) mass is 375 g/mol. The van der Waals surface area contributed by atoms with Crippen LogP contribution in [0.5, 0.6) is 0 Å². The number of aromatic nitrogens is 2. The molecule has 0 saturated carbocycles. The van der Waals surface area contributed by atoms with E-state index >= 15 is 0 Å². The molecule has 0 aliphatic carbocycles. The Kier molecular flexibility index (Phi) is 5.92. The fraction of sp³-hybridized carbons (Fsp3) is 0.600. The van der Waals surface area contributed by atoms with E-state index in [1.807, 2.05) is 43.0 Å². The normalized spacial score (nSPS) is 19.5. The van der Waals surface area contributed by atoms with E-state index in [0.29, 0.717) is 18.2 Å². The summed E-state index contributed by atoms with van der Waals surface area (Å²) in [5, 5.41) is 10.1. The molecule has 2 heterocycles. The van der Waals surface area contributed by atoms with E-state index in [2.05, 4.69) is 16.9 Å². The Hall–Kier alpha value is -1.53. The maximum absolute atomic E-state index is 12.4. The molecule has 2 N–H and O–H groups in total. The third-order valence-corrected chi connectivity index (χ3v) is 6.16. The first kappa shape index (κ1) is 19.2. The second-order valence-corrected chi connectivity index (χ2v) is 9.20. The molecular formula is C20H29N3O2S. The second-order valence-electron chi connectivity index (χ2n) is 8.03. The molecule has 0 bridgehead atoms. The van der Waals surface area contributed by atoms with Crippen molar-refractivity contribution in [2.75, 3.05) is 5.75 Å². The van der Waals surface area contributed by atoms with Crippen molar-refractivity contribution in [2.24, 2.45) is 5.92 Å². The number of thioether (sulfide) groups is 1. The molecule has 5 nitrogen and oxygen atoms in total. The van der Waals surface area contributed by atoms with Crippen molar-refractivity contribution in [3.05, 3.63) is 30.1 Å². The summed E-state index contributed by atoms with van der Waals surface area (Å²) < 4.78 is 0. The number of H-pyrrole nitrogens is 1. The fourth-order valence-corrected chi connectivity index (χ4v) is 4.81. The molecule has 1 aliphatic rings. The first-order chi connectivity index (χ1) is 12.3. The zero-order valence-electron chi connectivity index (χ0n) is 15.9. The largest absolute Gasteiger partial charge is 0.390 e. The number of benzene rings is 1. The summed E-state index contributed by atoms with van der Waals surface area (Å²) in [6.45, 7) is 6.51. The van der Waals surface area contributed by atoms with Crippen LogP contribution in [-0.2, 0) is 11.3 Å². The minimum Gasteiger partial charge on any atom is -0.390 e. The van der Waals surface area contributed by atoms with Gasteiger partial charge in [0.05, 0.1) is 34.3 Å². The quantitative estimate of drug-likeness (QED) is 0.733. The Bertz CT molecular complexity index is 720. The highest BCUT2D eigenvalue weighted by Crippen LogP contribution is 2.32. The summed E-state index contributed by atoms with van der Waals surface area (Å²) >= 11 is 1.74. The van der Waals surface area contributed by atoms with Gasteiger partial charge in [0.2, 0.25) is 5.91 Å². The number of aliphatic hydroxyl groups is 1. The summed E-state index contributed by atoms with van der Waals surface area (Å²) in [4.78, 5) is 22.3. The highest BCUT2D eigenvalue weighted by molar-refractivity contribution is 8.00. The number of imidazole rings is 1. The molecule has 1 amide bonds. The summed E-state index contributed by atoms with van der Waals surface area (Å²) in [6, 6.07) is 7.95. The van der Waals surface area contributed by atoms with E-state index in [4.69, 9.17) is 0 Å². The molecule has 0 radical (unpaired) electrons. The summed E-state index contributed by atoms with van der Waals surface area (Å²) in [7, 11) is 0. The Balaban J connectivity index is 1.58. The van der Waals surface area contributed by atoms with Crippen LogP contribution in [0.3, 0.4) is 0 Å². The zero-order valence-corrected chi connectivity index (χ0v) is 16.7. The molecule has 2 unspecified atom stereocenters. The SMILES string of the molecule is CC(CCCC(C)(C)O)CC1SCC(=O)N1Cc1nc2ccccc2[nH]1. The summed E-state index contributed by atoms with van der Waals surface area (Å²) in [5.74, 6) is 2.13. The van der Waals surface area contributed by atoms with Gasteiger partial charge >= 0.3 is 0 Å². The standard InChI is InChI=1S/C20H29N3O2S/c1-14(7-6-10-20(2,3)25)11-19-23(18(24)13-26-19)12-17-21-15-8-4-5-9-16(15)22-17/h4-5,8-9,14,19,25H,6-7,10-13H2,1-3H3,(H,21,22). The third-order valence-electron chi connectivity index (χ3n) is 4.92. The summed E-state index contributed by atoms with van der Waals surface area (Å²) in [6.07, 6.45) is 3.90. The van der Waals surface area contributed by atoms with Crippen LogP contribution in [0.1, 0.15) is 52.3 Å². The average molecular weight is 376 g/mol. The molecule has 0 spiro atoms. The highest BCUT2D eigenvalue weighted by Gasteiger charge is 2.33. The minimum atomic E-state index is -0.592. The van der Waals surface area contributed by atoms with Gasteiger partial charge in [-0.15, -0.1) is 11.8 Å². The first-order valence-electron chi connectivity index (χ1n) is 9.39. The van der Waals surface area contributed by atoms with Crippen molar-refractivity contribution in [1.29, 1.82) is 0 Å². The number of carbonyl (C=O) groups is 1. The van der Waals surface area contributed by atoms with Crippen LogP contribution in [0.2, 0.25) is 0 Å². The van der Waals surface area contributed by atoms with E-state index in [-0.39, 0.29) is 11.3 Å². The lowest BCUT2D eigenvalue weighted by Gasteiger charge is -2.26. The van der Waals surface area contributed by atoms with Crippen molar-refractivity contribution < 1.29 is 9.90 Å². The van der Waals surface area contributed by atoms with Crippen molar-refractivity contribution in [2.45, 2.75) is 64.0 Å². The Morgan fingerprint density at radius 3 is 2.92 bits per heavy atom. The fourth-order valence-electron chi connectivity index (χ4n) is 3.47. The molecule has 1 saturated heterocycles. The van der Waals surface area contributed by atoms with E-state index in [9.17, 15) is 9.90 Å². The predicted molar refractivity (Wildman–Crippen MR) is 107 cm³/mol. The van der Waals surface area contributed by atoms with Crippen LogP contribution in [0.15, 0.2) is 24.3 Å². The topological polar surface area (TPSA) is 69.2 Å². The smallest absolute Gasteiger partial charge is 0.233 e.